The van der Waals surface area contributed by atoms with E-state index in [0.717, 1.165) is 4.47 Å². The SMILES string of the molecule is COc1ccc(/C=N/NS(=O)(=O)c2ccc(Cl)cc2)cc1Br. The molecule has 0 fully saturated rings. The predicted molar refractivity (Wildman–Crippen MR) is 90.1 cm³/mol. The number of nitrogens with zero attached hydrogens (tertiary/aromatic N) is 1. The van der Waals surface area contributed by atoms with Crippen LogP contribution in [-0.4, -0.2) is 21.7 Å². The lowest BCUT2D eigenvalue weighted by atomic mass is 10.2. The van der Waals surface area contributed by atoms with Gasteiger partial charge in [-0.05, 0) is 64.0 Å². The quantitative estimate of drug-likeness (QED) is 0.614. The standard InChI is InChI=1S/C14H12BrClN2O3S/c1-21-14-7-2-10(8-13(14)15)9-17-18-22(19,20)12-5-3-11(16)4-6-12/h2-9,18H,1H3/b17-9+. The third-order valence-electron chi connectivity index (χ3n) is 2.69. The molecule has 0 spiro atoms. The Morgan fingerprint density at radius 1 is 1.23 bits per heavy atom. The molecule has 0 atom stereocenters. The van der Waals surface area contributed by atoms with Crippen molar-refractivity contribution in [1.29, 1.82) is 0 Å². The van der Waals surface area contributed by atoms with E-state index in [0.29, 0.717) is 16.3 Å². The first-order valence-electron chi connectivity index (χ1n) is 6.06. The van der Waals surface area contributed by atoms with Crippen molar-refractivity contribution in [2.75, 3.05) is 7.11 Å². The Bertz CT molecular complexity index is 792. The number of hydrogen-bond donors (Lipinski definition) is 1. The summed E-state index contributed by atoms with van der Waals surface area (Å²) >= 11 is 9.07. The molecule has 0 amide bonds. The van der Waals surface area contributed by atoms with Crippen molar-refractivity contribution in [3.05, 3.63) is 57.5 Å². The van der Waals surface area contributed by atoms with Gasteiger partial charge >= 0.3 is 0 Å². The normalized spacial score (nSPS) is 11.6. The first kappa shape index (κ1) is 16.8. The third kappa shape index (κ3) is 4.22. The highest BCUT2D eigenvalue weighted by molar-refractivity contribution is 9.10. The lowest BCUT2D eigenvalue weighted by Gasteiger charge is -2.04. The summed E-state index contributed by atoms with van der Waals surface area (Å²) in [4.78, 5) is 2.23. The molecule has 116 valence electrons. The smallest absolute Gasteiger partial charge is 0.276 e. The summed E-state index contributed by atoms with van der Waals surface area (Å²) in [7, 11) is -2.15. The van der Waals surface area contributed by atoms with Crippen molar-refractivity contribution in [3.63, 3.8) is 0 Å². The molecule has 8 heteroatoms. The number of hydrazone groups is 1. The number of benzene rings is 2. The molecule has 0 aliphatic rings. The minimum Gasteiger partial charge on any atom is -0.496 e. The van der Waals surface area contributed by atoms with E-state index in [1.165, 1.54) is 30.5 Å². The summed E-state index contributed by atoms with van der Waals surface area (Å²) in [5.74, 6) is 0.680. The molecule has 0 bridgehead atoms. The Hall–Kier alpha value is -1.57. The van der Waals surface area contributed by atoms with E-state index in [1.807, 2.05) is 0 Å². The molecule has 2 aromatic carbocycles. The summed E-state index contributed by atoms with van der Waals surface area (Å²) in [5.41, 5.74) is 0.714. The van der Waals surface area contributed by atoms with E-state index in [2.05, 4.69) is 25.9 Å². The zero-order valence-corrected chi connectivity index (χ0v) is 14.6. The summed E-state index contributed by atoms with van der Waals surface area (Å²) in [5, 5.41) is 4.21. The molecule has 1 N–H and O–H groups in total. The van der Waals surface area contributed by atoms with Crippen molar-refractivity contribution in [2.24, 2.45) is 5.10 Å². The molecule has 0 saturated carbocycles. The van der Waals surface area contributed by atoms with E-state index < -0.39 is 10.0 Å². The van der Waals surface area contributed by atoms with Crippen LogP contribution in [0.15, 0.2) is 56.9 Å². The number of rotatable bonds is 5. The van der Waals surface area contributed by atoms with Crippen LogP contribution in [-0.2, 0) is 10.0 Å². The van der Waals surface area contributed by atoms with Crippen molar-refractivity contribution < 1.29 is 13.2 Å². The van der Waals surface area contributed by atoms with Crippen LogP contribution in [0.3, 0.4) is 0 Å². The van der Waals surface area contributed by atoms with Gasteiger partial charge < -0.3 is 4.74 Å². The Labute approximate surface area is 142 Å². The molecule has 2 aromatic rings. The zero-order chi connectivity index (χ0) is 16.2. The van der Waals surface area contributed by atoms with Crippen LogP contribution in [0.2, 0.25) is 5.02 Å². The largest absolute Gasteiger partial charge is 0.496 e. The molecule has 2 rings (SSSR count). The van der Waals surface area contributed by atoms with E-state index in [1.54, 1.807) is 25.3 Å². The number of sulfonamides is 1. The Kier molecular flexibility index (Phi) is 5.44. The van der Waals surface area contributed by atoms with Gasteiger partial charge in [0, 0.05) is 5.02 Å². The molecule has 0 aliphatic carbocycles. The molecule has 5 nitrogen and oxygen atoms in total. The highest BCUT2D eigenvalue weighted by Gasteiger charge is 2.11. The Balaban J connectivity index is 2.11. The molecule has 22 heavy (non-hydrogen) atoms. The monoisotopic (exact) mass is 402 g/mol. The molecule has 0 saturated heterocycles. The number of hydrogen-bond acceptors (Lipinski definition) is 4. The van der Waals surface area contributed by atoms with E-state index >= 15 is 0 Å². The highest BCUT2D eigenvalue weighted by Crippen LogP contribution is 2.24. The van der Waals surface area contributed by atoms with Gasteiger partial charge in [-0.15, -0.1) is 0 Å². The van der Waals surface area contributed by atoms with Crippen molar-refractivity contribution in [1.82, 2.24) is 4.83 Å². The fraction of sp³-hybridized carbons (Fsp3) is 0.0714. The summed E-state index contributed by atoms with van der Waals surface area (Å²) in [6.07, 6.45) is 1.40. The molecule has 0 unspecified atom stereocenters. The fourth-order valence-electron chi connectivity index (χ4n) is 1.60. The minimum absolute atomic E-state index is 0.0879. The number of nitrogens with one attached hydrogen (secondary N) is 1. The van der Waals surface area contributed by atoms with Gasteiger partial charge in [-0.1, -0.05) is 11.6 Å². The van der Waals surface area contributed by atoms with Crippen LogP contribution in [0, 0.1) is 0 Å². The average Bonchev–Trinajstić information content (AvgIpc) is 2.48. The van der Waals surface area contributed by atoms with Gasteiger partial charge in [0.2, 0.25) is 0 Å². The summed E-state index contributed by atoms with van der Waals surface area (Å²) in [6, 6.07) is 11.1. The average molecular weight is 404 g/mol. The predicted octanol–water partition coefficient (Wildman–Crippen LogP) is 3.42. The summed E-state index contributed by atoms with van der Waals surface area (Å²) < 4.78 is 29.9. The Morgan fingerprint density at radius 2 is 1.91 bits per heavy atom. The first-order chi connectivity index (χ1) is 10.4. The third-order valence-corrected chi connectivity index (χ3v) is 4.80. The topological polar surface area (TPSA) is 67.8 Å². The molecule has 0 aliphatic heterocycles. The van der Waals surface area contributed by atoms with Gasteiger partial charge in [0.25, 0.3) is 10.0 Å². The lowest BCUT2D eigenvalue weighted by Crippen LogP contribution is -2.18. The molecule has 0 aromatic heterocycles. The van der Waals surface area contributed by atoms with E-state index in [-0.39, 0.29) is 4.90 Å². The van der Waals surface area contributed by atoms with E-state index in [4.69, 9.17) is 16.3 Å². The zero-order valence-electron chi connectivity index (χ0n) is 11.5. The van der Waals surface area contributed by atoms with Gasteiger partial charge in [0.1, 0.15) is 5.75 Å². The Morgan fingerprint density at radius 3 is 2.50 bits per heavy atom. The van der Waals surface area contributed by atoms with Crippen LogP contribution in [0.5, 0.6) is 5.75 Å². The van der Waals surface area contributed by atoms with Gasteiger partial charge in [0.15, 0.2) is 0 Å². The lowest BCUT2D eigenvalue weighted by molar-refractivity contribution is 0.412. The maximum atomic E-state index is 12.0. The van der Waals surface area contributed by atoms with Crippen LogP contribution < -0.4 is 9.57 Å². The number of ether oxygens (including phenoxy) is 1. The minimum atomic E-state index is -3.71. The van der Waals surface area contributed by atoms with Crippen LogP contribution in [0.1, 0.15) is 5.56 Å². The van der Waals surface area contributed by atoms with Crippen LogP contribution >= 0.6 is 27.5 Å². The molecular weight excluding hydrogens is 392 g/mol. The second-order valence-corrected chi connectivity index (χ2v) is 7.15. The van der Waals surface area contributed by atoms with Gasteiger partial charge in [-0.2, -0.15) is 13.5 Å². The van der Waals surface area contributed by atoms with Crippen LogP contribution in [0.4, 0.5) is 0 Å². The molecule has 0 radical (unpaired) electrons. The van der Waals surface area contributed by atoms with Crippen molar-refractivity contribution >= 4 is 43.8 Å². The second-order valence-electron chi connectivity index (χ2n) is 4.20. The van der Waals surface area contributed by atoms with Gasteiger partial charge in [-0.25, -0.2) is 4.83 Å². The number of methoxy groups -OCH3 is 1. The van der Waals surface area contributed by atoms with E-state index in [9.17, 15) is 8.42 Å². The van der Waals surface area contributed by atoms with Crippen molar-refractivity contribution in [2.45, 2.75) is 4.90 Å². The van der Waals surface area contributed by atoms with Crippen LogP contribution in [0.25, 0.3) is 0 Å². The maximum Gasteiger partial charge on any atom is 0.276 e. The van der Waals surface area contributed by atoms with Gasteiger partial charge in [0.05, 0.1) is 22.7 Å². The number of halogens is 2. The van der Waals surface area contributed by atoms with Gasteiger partial charge in [-0.3, -0.25) is 0 Å². The summed E-state index contributed by atoms with van der Waals surface area (Å²) in [6.45, 7) is 0. The fourth-order valence-corrected chi connectivity index (χ4v) is 3.08. The highest BCUT2D eigenvalue weighted by atomic mass is 79.9. The molecule has 0 heterocycles. The second kappa shape index (κ2) is 7.13. The first-order valence-corrected chi connectivity index (χ1v) is 8.72. The van der Waals surface area contributed by atoms with Crippen molar-refractivity contribution in [3.8, 4) is 5.75 Å². The maximum absolute atomic E-state index is 12.0. The molecular formula is C14H12BrClN2O3S.